The number of hydrogen-bond donors (Lipinski definition) is 0. The third kappa shape index (κ3) is 4.13. The van der Waals surface area contributed by atoms with Crippen LogP contribution in [-0.2, 0) is 0 Å². The lowest BCUT2D eigenvalue weighted by atomic mass is 9.37. The molecule has 0 amide bonds. The van der Waals surface area contributed by atoms with E-state index in [1.807, 2.05) is 0 Å². The molecule has 0 aromatic carbocycles. The molecule has 32 valence electrons. The van der Waals surface area contributed by atoms with Gasteiger partial charge in [-0.25, -0.2) is 0 Å². The van der Waals surface area contributed by atoms with Crippen molar-refractivity contribution in [3.8, 4) is 0 Å². The molecule has 0 saturated heterocycles. The highest BCUT2D eigenvalue weighted by molar-refractivity contribution is 7.00. The minimum atomic E-state index is 1.17. The zero-order valence-corrected chi connectivity index (χ0v) is 4.57. The van der Waals surface area contributed by atoms with E-state index in [2.05, 4.69) is 28.2 Å². The summed E-state index contributed by atoms with van der Waals surface area (Å²) in [6.45, 7) is 4.29. The summed E-state index contributed by atoms with van der Waals surface area (Å²) >= 11 is 0. The first-order chi connectivity index (χ1) is 2.91. The fraction of sp³-hybridized carbons (Fsp3) is 1.00. The Hall–Kier alpha value is 0.130. The second-order valence-corrected chi connectivity index (χ2v) is 1.29. The molecule has 0 bridgehead atoms. The fourth-order valence-electron chi connectivity index (χ4n) is 0.333. The third-order valence-corrected chi connectivity index (χ3v) is 0.638. The van der Waals surface area contributed by atoms with Crippen molar-refractivity contribution in [3.63, 3.8) is 0 Å². The van der Waals surface area contributed by atoms with Crippen LogP contribution in [0.15, 0.2) is 0 Å². The molecule has 0 saturated carbocycles. The summed E-state index contributed by atoms with van der Waals surface area (Å²) in [4.78, 5) is 0. The van der Waals surface area contributed by atoms with E-state index in [0.717, 1.165) is 0 Å². The Morgan fingerprint density at radius 3 is 1.50 bits per heavy atom. The highest BCUT2D eigenvalue weighted by Crippen LogP contribution is 1.74. The second kappa shape index (κ2) is 5.13. The summed E-state index contributed by atoms with van der Waals surface area (Å²) in [5, 5.41) is 0. The summed E-state index contributed by atoms with van der Waals surface area (Å²) in [6, 6.07) is 0. The fourth-order valence-corrected chi connectivity index (χ4v) is 0.333. The number of rotatable bonds is 3. The van der Waals surface area contributed by atoms with Crippen LogP contribution in [0.25, 0.3) is 0 Å². The van der Waals surface area contributed by atoms with Gasteiger partial charge in [-0.3, -0.25) is 0 Å². The molecule has 0 aromatic heterocycles. The average molecular weight is 79.7 g/mol. The van der Waals surface area contributed by atoms with Gasteiger partial charge in [-0.05, 0) is 0 Å². The van der Waals surface area contributed by atoms with Crippen LogP contribution in [0.5, 0.6) is 0 Å². The first-order valence-corrected chi connectivity index (χ1v) is 2.56. The van der Waals surface area contributed by atoms with Crippen LogP contribution in [0.1, 0.15) is 13.8 Å². The molecule has 0 atom stereocenters. The van der Waals surface area contributed by atoms with Gasteiger partial charge in [0.1, 0.15) is 0 Å². The maximum Gasteiger partial charge on any atom is 0.0649 e. The van der Waals surface area contributed by atoms with Gasteiger partial charge >= 0.3 is 0 Å². The molecule has 0 aliphatic rings. The zero-order chi connectivity index (χ0) is 4.83. The van der Waals surface area contributed by atoms with Crippen molar-refractivity contribution in [2.24, 2.45) is 0 Å². The van der Waals surface area contributed by atoms with Gasteiger partial charge in [-0.15, -0.1) is 0 Å². The first-order valence-electron chi connectivity index (χ1n) is 2.56. The Morgan fingerprint density at radius 1 is 1.00 bits per heavy atom. The first kappa shape index (κ1) is 6.13. The van der Waals surface area contributed by atoms with E-state index >= 15 is 0 Å². The molecule has 0 nitrogen and oxygen atoms in total. The summed E-state index contributed by atoms with van der Waals surface area (Å²) in [7, 11) is 4.36. The molecule has 6 heavy (non-hydrogen) atoms. The maximum absolute atomic E-state index is 2.18. The van der Waals surface area contributed by atoms with E-state index in [0.29, 0.717) is 0 Å². The van der Waals surface area contributed by atoms with Gasteiger partial charge in [0.05, 0.1) is 14.3 Å². The molecular formula is C4H10B2. The largest absolute Gasteiger partial charge is 0.0915 e. The lowest BCUT2D eigenvalue weighted by molar-refractivity contribution is 1.45. The predicted octanol–water partition coefficient (Wildman–Crippen LogP) is 1.19. The van der Waals surface area contributed by atoms with Crippen LogP contribution in [0, 0.1) is 0 Å². The topological polar surface area (TPSA) is 0 Å². The van der Waals surface area contributed by atoms with Crippen LogP contribution >= 0.6 is 0 Å². The highest BCUT2D eigenvalue weighted by atomic mass is 13.4. The van der Waals surface area contributed by atoms with E-state index in [1.165, 1.54) is 12.6 Å². The zero-order valence-electron chi connectivity index (χ0n) is 4.57. The standard InChI is InChI=1S/C4H10B2/c1-3-5-6-4-2/h3-4H2,1-2H3. The van der Waals surface area contributed by atoms with Gasteiger partial charge in [0.2, 0.25) is 0 Å². The molecule has 0 N–H and O–H groups in total. The van der Waals surface area contributed by atoms with Crippen molar-refractivity contribution in [1.82, 2.24) is 0 Å². The highest BCUT2D eigenvalue weighted by Gasteiger charge is 1.80. The lowest BCUT2D eigenvalue weighted by Crippen LogP contribution is -1.97. The molecular weight excluding hydrogens is 69.7 g/mol. The van der Waals surface area contributed by atoms with E-state index in [1.54, 1.807) is 0 Å². The van der Waals surface area contributed by atoms with Crippen LogP contribution in [0.2, 0.25) is 12.6 Å². The summed E-state index contributed by atoms with van der Waals surface area (Å²) in [5.41, 5.74) is 0. The Morgan fingerprint density at radius 2 is 1.33 bits per heavy atom. The molecule has 0 heterocycles. The van der Waals surface area contributed by atoms with Gasteiger partial charge in [-0.1, -0.05) is 26.5 Å². The third-order valence-electron chi connectivity index (χ3n) is 0.638. The van der Waals surface area contributed by atoms with E-state index in [9.17, 15) is 0 Å². The van der Waals surface area contributed by atoms with Crippen molar-refractivity contribution in [2.75, 3.05) is 0 Å². The molecule has 0 aromatic rings. The summed E-state index contributed by atoms with van der Waals surface area (Å²) in [5.74, 6) is 0. The average Bonchev–Trinajstić information content (AvgIpc) is 1.61. The Balaban J connectivity index is 2.34. The Bertz CT molecular complexity index is 17.5. The van der Waals surface area contributed by atoms with E-state index < -0.39 is 0 Å². The van der Waals surface area contributed by atoms with Gasteiger partial charge in [-0.2, -0.15) is 0 Å². The SMILES string of the molecule is CC[B][B]CC. The summed E-state index contributed by atoms with van der Waals surface area (Å²) < 4.78 is 0. The monoisotopic (exact) mass is 80.1 g/mol. The van der Waals surface area contributed by atoms with Crippen molar-refractivity contribution >= 4 is 14.3 Å². The van der Waals surface area contributed by atoms with Crippen molar-refractivity contribution in [2.45, 2.75) is 26.5 Å². The maximum atomic E-state index is 2.18. The Labute approximate surface area is 41.8 Å². The van der Waals surface area contributed by atoms with Crippen LogP contribution in [0.3, 0.4) is 0 Å². The molecule has 0 aliphatic carbocycles. The van der Waals surface area contributed by atoms with Gasteiger partial charge < -0.3 is 0 Å². The molecule has 0 fully saturated rings. The molecule has 2 heteroatoms. The van der Waals surface area contributed by atoms with Crippen LogP contribution in [-0.4, -0.2) is 14.3 Å². The minimum absolute atomic E-state index is 1.17. The van der Waals surface area contributed by atoms with Crippen LogP contribution < -0.4 is 0 Å². The van der Waals surface area contributed by atoms with E-state index in [-0.39, 0.29) is 0 Å². The number of hydrogen-bond acceptors (Lipinski definition) is 0. The molecule has 0 spiro atoms. The van der Waals surface area contributed by atoms with Gasteiger partial charge in [0.25, 0.3) is 0 Å². The minimum Gasteiger partial charge on any atom is -0.0915 e. The van der Waals surface area contributed by atoms with Crippen LogP contribution in [0.4, 0.5) is 0 Å². The van der Waals surface area contributed by atoms with Crippen molar-refractivity contribution in [3.05, 3.63) is 0 Å². The smallest absolute Gasteiger partial charge is 0.0649 e. The lowest BCUT2D eigenvalue weighted by Gasteiger charge is -1.81. The molecule has 2 radical (unpaired) electrons. The predicted molar refractivity (Wildman–Crippen MR) is 32.5 cm³/mol. The molecule has 0 rings (SSSR count). The quantitative estimate of drug-likeness (QED) is 0.352. The van der Waals surface area contributed by atoms with Crippen molar-refractivity contribution < 1.29 is 0 Å². The van der Waals surface area contributed by atoms with Crippen molar-refractivity contribution in [1.29, 1.82) is 0 Å². The second-order valence-electron chi connectivity index (χ2n) is 1.29. The van der Waals surface area contributed by atoms with Gasteiger partial charge in [0.15, 0.2) is 0 Å². The Kier molecular flexibility index (Phi) is 5.24. The van der Waals surface area contributed by atoms with E-state index in [4.69, 9.17) is 0 Å². The molecule has 0 unspecified atom stereocenters. The normalized spacial score (nSPS) is 7.67. The molecule has 0 aliphatic heterocycles. The summed E-state index contributed by atoms with van der Waals surface area (Å²) in [6.07, 6.45) is 2.35. The van der Waals surface area contributed by atoms with Gasteiger partial charge in [0, 0.05) is 0 Å².